The summed E-state index contributed by atoms with van der Waals surface area (Å²) in [6.07, 6.45) is 4.72. The Morgan fingerprint density at radius 1 is 1.24 bits per heavy atom. The minimum absolute atomic E-state index is 0.246. The van der Waals surface area contributed by atoms with Gasteiger partial charge in [0.1, 0.15) is 0 Å². The van der Waals surface area contributed by atoms with Gasteiger partial charge in [0.15, 0.2) is 5.13 Å². The lowest BCUT2D eigenvalue weighted by molar-refractivity contribution is -0.111. The van der Waals surface area contributed by atoms with Crippen molar-refractivity contribution in [3.05, 3.63) is 47.0 Å². The maximum atomic E-state index is 12.4. The quantitative estimate of drug-likeness (QED) is 0.750. The van der Waals surface area contributed by atoms with Crippen molar-refractivity contribution >= 4 is 38.5 Å². The molecule has 0 spiro atoms. The summed E-state index contributed by atoms with van der Waals surface area (Å²) in [5.41, 5.74) is 0.740. The largest absolute Gasteiger partial charge is 0.298 e. The van der Waals surface area contributed by atoms with E-state index in [9.17, 15) is 13.2 Å². The van der Waals surface area contributed by atoms with Crippen molar-refractivity contribution < 1.29 is 13.2 Å². The van der Waals surface area contributed by atoms with Crippen LogP contribution in [0.15, 0.2) is 41.4 Å². The van der Waals surface area contributed by atoms with E-state index < -0.39 is 10.0 Å². The Hall–Kier alpha value is -2.03. The van der Waals surface area contributed by atoms with Gasteiger partial charge in [-0.25, -0.2) is 13.4 Å². The summed E-state index contributed by atoms with van der Waals surface area (Å²) in [6.45, 7) is 6.38. The second-order valence-electron chi connectivity index (χ2n) is 5.26. The third kappa shape index (κ3) is 4.97. The molecule has 0 saturated heterocycles. The maximum Gasteiger partial charge on any atom is 0.250 e. The van der Waals surface area contributed by atoms with Crippen molar-refractivity contribution in [1.29, 1.82) is 0 Å². The summed E-state index contributed by atoms with van der Waals surface area (Å²) in [6, 6.07) is 6.45. The number of hydrogen-bond donors (Lipinski definition) is 1. The fourth-order valence-electron chi connectivity index (χ4n) is 2.19. The Labute approximate surface area is 152 Å². The van der Waals surface area contributed by atoms with Crippen LogP contribution in [0.4, 0.5) is 5.13 Å². The summed E-state index contributed by atoms with van der Waals surface area (Å²) in [4.78, 5) is 17.2. The van der Waals surface area contributed by atoms with Gasteiger partial charge in [-0.15, -0.1) is 11.3 Å². The van der Waals surface area contributed by atoms with Crippen molar-refractivity contribution in [2.75, 3.05) is 18.4 Å². The number of amides is 1. The number of carbonyl (C=O) groups is 1. The first-order valence-corrected chi connectivity index (χ1v) is 10.1. The number of thiazole rings is 1. The molecule has 0 unspecified atom stereocenters. The highest BCUT2D eigenvalue weighted by molar-refractivity contribution is 7.89. The van der Waals surface area contributed by atoms with Crippen LogP contribution in [-0.4, -0.2) is 36.7 Å². The summed E-state index contributed by atoms with van der Waals surface area (Å²) in [5, 5.41) is 3.23. The van der Waals surface area contributed by atoms with Gasteiger partial charge in [0, 0.05) is 30.2 Å². The van der Waals surface area contributed by atoms with Crippen LogP contribution in [0.25, 0.3) is 6.08 Å². The third-order valence-corrected chi connectivity index (χ3v) is 6.39. The van der Waals surface area contributed by atoms with Gasteiger partial charge in [-0.3, -0.25) is 10.1 Å². The number of aryl methyl sites for hydroxylation is 1. The van der Waals surface area contributed by atoms with E-state index in [1.165, 1.54) is 21.7 Å². The highest BCUT2D eigenvalue weighted by atomic mass is 32.2. The van der Waals surface area contributed by atoms with Crippen LogP contribution in [0.2, 0.25) is 0 Å². The van der Waals surface area contributed by atoms with Crippen LogP contribution in [0.5, 0.6) is 0 Å². The van der Waals surface area contributed by atoms with Crippen molar-refractivity contribution in [3.63, 3.8) is 0 Å². The number of anilines is 1. The lowest BCUT2D eigenvalue weighted by Crippen LogP contribution is -2.30. The molecular weight excluding hydrogens is 358 g/mol. The van der Waals surface area contributed by atoms with E-state index in [1.54, 1.807) is 50.4 Å². The summed E-state index contributed by atoms with van der Waals surface area (Å²) in [5.74, 6) is -0.283. The first kappa shape index (κ1) is 19.3. The molecule has 134 valence electrons. The Morgan fingerprint density at radius 2 is 1.88 bits per heavy atom. The Morgan fingerprint density at radius 3 is 2.40 bits per heavy atom. The number of sulfonamides is 1. The zero-order chi connectivity index (χ0) is 18.4. The molecular formula is C17H21N3O3S2. The van der Waals surface area contributed by atoms with E-state index in [-0.39, 0.29) is 10.8 Å². The molecule has 0 radical (unpaired) electrons. The Bertz CT molecular complexity index is 852. The van der Waals surface area contributed by atoms with E-state index >= 15 is 0 Å². The van der Waals surface area contributed by atoms with Crippen LogP contribution in [0.1, 0.15) is 24.3 Å². The number of aromatic nitrogens is 1. The number of hydrogen-bond acceptors (Lipinski definition) is 5. The zero-order valence-corrected chi connectivity index (χ0v) is 16.0. The maximum absolute atomic E-state index is 12.4. The van der Waals surface area contributed by atoms with Crippen molar-refractivity contribution in [3.8, 4) is 0 Å². The molecule has 25 heavy (non-hydrogen) atoms. The van der Waals surface area contributed by atoms with Crippen LogP contribution < -0.4 is 5.32 Å². The lowest BCUT2D eigenvalue weighted by Gasteiger charge is -2.18. The number of nitrogens with zero attached hydrogens (tertiary/aromatic N) is 2. The van der Waals surface area contributed by atoms with Crippen LogP contribution in [0, 0.1) is 6.92 Å². The molecule has 0 bridgehead atoms. The molecule has 1 aromatic heterocycles. The first-order valence-electron chi connectivity index (χ1n) is 7.88. The summed E-state index contributed by atoms with van der Waals surface area (Å²) < 4.78 is 26.2. The van der Waals surface area contributed by atoms with E-state index in [0.29, 0.717) is 18.2 Å². The minimum Gasteiger partial charge on any atom is -0.298 e. The third-order valence-electron chi connectivity index (χ3n) is 3.50. The molecule has 0 aliphatic heterocycles. The van der Waals surface area contributed by atoms with Crippen molar-refractivity contribution in [2.24, 2.45) is 0 Å². The van der Waals surface area contributed by atoms with Crippen LogP contribution in [0.3, 0.4) is 0 Å². The predicted molar refractivity (Wildman–Crippen MR) is 101 cm³/mol. The molecule has 0 aliphatic carbocycles. The molecule has 1 N–H and O–H groups in total. The molecule has 0 saturated carbocycles. The summed E-state index contributed by atoms with van der Waals surface area (Å²) >= 11 is 1.40. The average Bonchev–Trinajstić information content (AvgIpc) is 2.99. The van der Waals surface area contributed by atoms with E-state index in [4.69, 9.17) is 0 Å². The second kappa shape index (κ2) is 8.37. The average molecular weight is 380 g/mol. The molecule has 6 nitrogen and oxygen atoms in total. The molecule has 1 heterocycles. The standard InChI is InChI=1S/C17H21N3O3S2/c1-4-20(5-2)25(22,23)15-9-6-14(7-10-15)8-11-16(21)19-17-18-12-13(3)24-17/h6-12H,4-5H2,1-3H3,(H,18,19,21)/b11-8+. The van der Waals surface area contributed by atoms with Gasteiger partial charge < -0.3 is 0 Å². The molecule has 0 fully saturated rings. The molecule has 2 rings (SSSR count). The fraction of sp³-hybridized carbons (Fsp3) is 0.294. The number of rotatable bonds is 7. The number of nitrogens with one attached hydrogen (secondary N) is 1. The topological polar surface area (TPSA) is 79.4 Å². The Balaban J connectivity index is 2.06. The monoisotopic (exact) mass is 379 g/mol. The first-order chi connectivity index (χ1) is 11.9. The second-order valence-corrected chi connectivity index (χ2v) is 8.43. The summed E-state index contributed by atoms with van der Waals surface area (Å²) in [7, 11) is -3.46. The van der Waals surface area contributed by atoms with Crippen molar-refractivity contribution in [1.82, 2.24) is 9.29 Å². The molecule has 1 aromatic carbocycles. The van der Waals surface area contributed by atoms with Gasteiger partial charge >= 0.3 is 0 Å². The van der Waals surface area contributed by atoms with Gasteiger partial charge in [0.05, 0.1) is 4.90 Å². The van der Waals surface area contributed by atoms with Gasteiger partial charge in [-0.1, -0.05) is 26.0 Å². The van der Waals surface area contributed by atoms with E-state index in [1.807, 2.05) is 6.92 Å². The zero-order valence-electron chi connectivity index (χ0n) is 14.4. The fourth-order valence-corrected chi connectivity index (χ4v) is 4.32. The highest BCUT2D eigenvalue weighted by Crippen LogP contribution is 2.18. The predicted octanol–water partition coefficient (Wildman–Crippen LogP) is 3.13. The van der Waals surface area contributed by atoms with Gasteiger partial charge in [0.25, 0.3) is 0 Å². The Kier molecular flexibility index (Phi) is 6.46. The van der Waals surface area contributed by atoms with Gasteiger partial charge in [0.2, 0.25) is 15.9 Å². The molecule has 0 aliphatic rings. The normalized spacial score (nSPS) is 12.0. The molecule has 0 atom stereocenters. The molecule has 8 heteroatoms. The smallest absolute Gasteiger partial charge is 0.250 e. The van der Waals surface area contributed by atoms with Gasteiger partial charge in [-0.2, -0.15) is 4.31 Å². The van der Waals surface area contributed by atoms with Crippen LogP contribution in [-0.2, 0) is 14.8 Å². The van der Waals surface area contributed by atoms with E-state index in [0.717, 1.165) is 10.4 Å². The SMILES string of the molecule is CCN(CC)S(=O)(=O)c1ccc(/C=C/C(=O)Nc2ncc(C)s2)cc1. The van der Waals surface area contributed by atoms with Gasteiger partial charge in [-0.05, 0) is 30.7 Å². The molecule has 1 amide bonds. The van der Waals surface area contributed by atoms with E-state index in [2.05, 4.69) is 10.3 Å². The van der Waals surface area contributed by atoms with Crippen LogP contribution >= 0.6 is 11.3 Å². The van der Waals surface area contributed by atoms with Crippen molar-refractivity contribution in [2.45, 2.75) is 25.7 Å². The molecule has 2 aromatic rings. The lowest BCUT2D eigenvalue weighted by atomic mass is 10.2. The highest BCUT2D eigenvalue weighted by Gasteiger charge is 2.20. The number of carbonyl (C=O) groups excluding carboxylic acids is 1. The number of benzene rings is 1. The minimum atomic E-state index is -3.46.